The Morgan fingerprint density at radius 1 is 0.800 bits per heavy atom. The second-order valence-corrected chi connectivity index (χ2v) is 10.9. The van der Waals surface area contributed by atoms with Gasteiger partial charge in [-0.1, -0.05) is 0 Å². The average molecular weight is 403 g/mol. The second kappa shape index (κ2) is 16.3. The highest BCUT2D eigenvalue weighted by Crippen LogP contribution is 2.18. The van der Waals surface area contributed by atoms with E-state index in [1.54, 1.807) is 28.3 Å². The zero-order valence-electron chi connectivity index (χ0n) is 16.9. The van der Waals surface area contributed by atoms with Gasteiger partial charge in [0.05, 0.1) is 6.10 Å². The maximum absolute atomic E-state index is 9.36. The standard InChI is InChI=1S/C9H22O4Si.C6H16O4Si/c1-5-11-14(12-6-2,13-7-3)8-9(4)10;1-8-11(9-2,10-3)6-4-5-7/h9-10H,5-8H2,1-4H3;7H,4-6H2,1-3H3. The molecule has 0 bridgehead atoms. The zero-order valence-corrected chi connectivity index (χ0v) is 18.9. The molecule has 0 aromatic carbocycles. The first kappa shape index (κ1) is 27.3. The molecule has 25 heavy (non-hydrogen) atoms. The van der Waals surface area contributed by atoms with Gasteiger partial charge >= 0.3 is 17.6 Å². The van der Waals surface area contributed by atoms with Crippen LogP contribution in [-0.4, -0.2) is 81.7 Å². The van der Waals surface area contributed by atoms with Gasteiger partial charge in [-0.2, -0.15) is 0 Å². The largest absolute Gasteiger partial charge is 0.503 e. The highest BCUT2D eigenvalue weighted by atomic mass is 28.4. The van der Waals surface area contributed by atoms with E-state index < -0.39 is 23.7 Å². The summed E-state index contributed by atoms with van der Waals surface area (Å²) in [6.07, 6.45) is 0.202. The van der Waals surface area contributed by atoms with Crippen molar-refractivity contribution in [3.8, 4) is 0 Å². The number of hydrogen-bond acceptors (Lipinski definition) is 8. The predicted molar refractivity (Wildman–Crippen MR) is 100 cm³/mol. The van der Waals surface area contributed by atoms with Gasteiger partial charge in [-0.15, -0.1) is 0 Å². The molecule has 0 aromatic heterocycles. The van der Waals surface area contributed by atoms with Crippen LogP contribution in [0.3, 0.4) is 0 Å². The number of aliphatic hydroxyl groups is 2. The topological polar surface area (TPSA) is 95.8 Å². The molecule has 0 aromatic rings. The molecule has 0 aliphatic rings. The lowest BCUT2D eigenvalue weighted by atomic mass is 10.5. The minimum Gasteiger partial charge on any atom is -0.396 e. The van der Waals surface area contributed by atoms with E-state index in [4.69, 9.17) is 31.7 Å². The van der Waals surface area contributed by atoms with Crippen LogP contribution in [-0.2, 0) is 26.6 Å². The van der Waals surface area contributed by atoms with Gasteiger partial charge < -0.3 is 36.8 Å². The van der Waals surface area contributed by atoms with E-state index in [2.05, 4.69) is 0 Å². The predicted octanol–water partition coefficient (Wildman–Crippen LogP) is 1.66. The fraction of sp³-hybridized carbons (Fsp3) is 1.00. The Balaban J connectivity index is 0. The van der Waals surface area contributed by atoms with Crippen molar-refractivity contribution in [3.05, 3.63) is 0 Å². The Hall–Kier alpha value is 0.114. The summed E-state index contributed by atoms with van der Waals surface area (Å²) in [5.74, 6) is 0. The Bertz CT molecular complexity index is 265. The quantitative estimate of drug-likeness (QED) is 0.424. The molecule has 0 fully saturated rings. The summed E-state index contributed by atoms with van der Waals surface area (Å²) in [5.41, 5.74) is 0. The highest BCUT2D eigenvalue weighted by molar-refractivity contribution is 6.61. The SMILES string of the molecule is CCO[Si](CC(C)O)(OCC)OCC.CO[Si](CCCO)(OC)OC. The van der Waals surface area contributed by atoms with Gasteiger partial charge in [0.2, 0.25) is 0 Å². The summed E-state index contributed by atoms with van der Waals surface area (Å²) in [7, 11) is -0.309. The monoisotopic (exact) mass is 402 g/mol. The summed E-state index contributed by atoms with van der Waals surface area (Å²) in [4.78, 5) is 0. The molecule has 0 saturated heterocycles. The van der Waals surface area contributed by atoms with Crippen molar-refractivity contribution in [2.24, 2.45) is 0 Å². The smallest absolute Gasteiger partial charge is 0.396 e. The van der Waals surface area contributed by atoms with Crippen LogP contribution < -0.4 is 0 Å². The molecule has 10 heteroatoms. The minimum atomic E-state index is -2.61. The third-order valence-corrected chi connectivity index (χ3v) is 9.32. The van der Waals surface area contributed by atoms with Crippen LogP contribution in [0.1, 0.15) is 34.1 Å². The molecule has 0 radical (unpaired) electrons. The Labute approximate surface area is 155 Å². The molecule has 0 heterocycles. The lowest BCUT2D eigenvalue weighted by Crippen LogP contribution is -2.48. The molecule has 1 atom stereocenters. The number of hydrogen-bond donors (Lipinski definition) is 2. The Kier molecular flexibility index (Phi) is 17.8. The fourth-order valence-electron chi connectivity index (χ4n) is 2.18. The van der Waals surface area contributed by atoms with Gasteiger partial charge in [0.25, 0.3) is 0 Å². The van der Waals surface area contributed by atoms with Crippen LogP contribution in [0, 0.1) is 0 Å². The van der Waals surface area contributed by atoms with Crippen LogP contribution in [0.25, 0.3) is 0 Å². The summed E-state index contributed by atoms with van der Waals surface area (Å²) < 4.78 is 32.0. The van der Waals surface area contributed by atoms with E-state index in [9.17, 15) is 5.11 Å². The van der Waals surface area contributed by atoms with Crippen LogP contribution in [0.4, 0.5) is 0 Å². The molecule has 8 nitrogen and oxygen atoms in total. The maximum atomic E-state index is 9.36. The third-order valence-electron chi connectivity index (χ3n) is 3.21. The first-order chi connectivity index (χ1) is 11.8. The third kappa shape index (κ3) is 12.2. The van der Waals surface area contributed by atoms with Crippen molar-refractivity contribution in [1.82, 2.24) is 0 Å². The fourth-order valence-corrected chi connectivity index (χ4v) is 6.53. The zero-order chi connectivity index (χ0) is 19.8. The molecule has 1 unspecified atom stereocenters. The Morgan fingerprint density at radius 2 is 1.20 bits per heavy atom. The first-order valence-electron chi connectivity index (χ1n) is 8.70. The van der Waals surface area contributed by atoms with Crippen LogP contribution in [0.2, 0.25) is 12.1 Å². The summed E-state index contributed by atoms with van der Waals surface area (Å²) in [6, 6.07) is 1.12. The lowest BCUT2D eigenvalue weighted by Gasteiger charge is -2.29. The summed E-state index contributed by atoms with van der Waals surface area (Å²) >= 11 is 0. The van der Waals surface area contributed by atoms with Gasteiger partial charge in [0.1, 0.15) is 0 Å². The average Bonchev–Trinajstić information content (AvgIpc) is 2.57. The van der Waals surface area contributed by atoms with E-state index in [-0.39, 0.29) is 6.61 Å². The molecule has 154 valence electrons. The van der Waals surface area contributed by atoms with Gasteiger partial charge in [-0.3, -0.25) is 0 Å². The van der Waals surface area contributed by atoms with E-state index in [0.29, 0.717) is 38.3 Å². The van der Waals surface area contributed by atoms with Gasteiger partial charge in [0.15, 0.2) is 0 Å². The Morgan fingerprint density at radius 3 is 1.44 bits per heavy atom. The van der Waals surface area contributed by atoms with Crippen molar-refractivity contribution >= 4 is 17.6 Å². The van der Waals surface area contributed by atoms with Crippen molar-refractivity contribution in [1.29, 1.82) is 0 Å². The van der Waals surface area contributed by atoms with Crippen LogP contribution >= 0.6 is 0 Å². The normalized spacial score (nSPS) is 13.3. The molecule has 0 amide bonds. The molecule has 0 spiro atoms. The van der Waals surface area contributed by atoms with Crippen molar-refractivity contribution in [2.45, 2.75) is 52.3 Å². The van der Waals surface area contributed by atoms with Crippen LogP contribution in [0.15, 0.2) is 0 Å². The van der Waals surface area contributed by atoms with Crippen LogP contribution in [0.5, 0.6) is 0 Å². The molecular weight excluding hydrogens is 364 g/mol. The number of aliphatic hydroxyl groups excluding tert-OH is 2. The summed E-state index contributed by atoms with van der Waals surface area (Å²) in [6.45, 7) is 9.24. The van der Waals surface area contributed by atoms with Gasteiger partial charge in [-0.05, 0) is 34.1 Å². The molecule has 0 aliphatic heterocycles. The van der Waals surface area contributed by atoms with Crippen molar-refractivity contribution in [3.63, 3.8) is 0 Å². The van der Waals surface area contributed by atoms with E-state index >= 15 is 0 Å². The van der Waals surface area contributed by atoms with Crippen molar-refractivity contribution < 1.29 is 36.8 Å². The molecule has 0 saturated carbocycles. The summed E-state index contributed by atoms with van der Waals surface area (Å²) in [5, 5.41) is 17.9. The minimum absolute atomic E-state index is 0.144. The molecule has 0 aliphatic carbocycles. The van der Waals surface area contributed by atoms with E-state index in [1.807, 2.05) is 20.8 Å². The maximum Gasteiger partial charge on any atom is 0.503 e. The highest BCUT2D eigenvalue weighted by Gasteiger charge is 2.41. The second-order valence-electron chi connectivity index (χ2n) is 5.16. The number of rotatable bonds is 14. The molecular formula is C15H38O8Si2. The first-order valence-corrected chi connectivity index (χ1v) is 12.6. The van der Waals surface area contributed by atoms with Gasteiger partial charge in [-0.25, -0.2) is 0 Å². The van der Waals surface area contributed by atoms with Gasteiger partial charge in [0, 0.05) is 59.8 Å². The van der Waals surface area contributed by atoms with E-state index in [1.165, 1.54) is 0 Å². The molecule has 0 rings (SSSR count). The lowest BCUT2D eigenvalue weighted by molar-refractivity contribution is 0.0582. The molecule has 2 N–H and O–H groups in total. The van der Waals surface area contributed by atoms with Crippen molar-refractivity contribution in [2.75, 3.05) is 47.8 Å². The van der Waals surface area contributed by atoms with E-state index in [0.717, 1.165) is 0 Å².